The Morgan fingerprint density at radius 1 is 1.67 bits per heavy atom. The molecular formula is C3H9N3. The van der Waals surface area contributed by atoms with Crippen LogP contribution in [0.2, 0.25) is 0 Å². The van der Waals surface area contributed by atoms with Crippen LogP contribution in [0.5, 0.6) is 0 Å². The highest BCUT2D eigenvalue weighted by atomic mass is 15.6. The molecule has 0 aromatic carbocycles. The average molecular weight is 87.1 g/mol. The Morgan fingerprint density at radius 3 is 2.67 bits per heavy atom. The van der Waals surface area contributed by atoms with Crippen LogP contribution in [0.15, 0.2) is 0 Å². The summed E-state index contributed by atoms with van der Waals surface area (Å²) >= 11 is 0. The summed E-state index contributed by atoms with van der Waals surface area (Å²) in [7, 11) is 0. The molecule has 1 atom stereocenters. The number of hydrogen-bond acceptors (Lipinski definition) is 3. The van der Waals surface area contributed by atoms with Crippen molar-refractivity contribution in [3.63, 3.8) is 0 Å². The first-order valence-electron chi connectivity index (χ1n) is 2.13. The average Bonchev–Trinajstić information content (AvgIpc) is 1.86. The predicted octanol–water partition coefficient (Wildman–Crippen LogP) is -1.01. The number of rotatable bonds is 0. The van der Waals surface area contributed by atoms with Crippen LogP contribution in [0.1, 0.15) is 6.92 Å². The van der Waals surface area contributed by atoms with Crippen LogP contribution in [0, 0.1) is 0 Å². The predicted molar refractivity (Wildman–Crippen MR) is 23.7 cm³/mol. The molecule has 6 heavy (non-hydrogen) atoms. The monoisotopic (exact) mass is 87.1 g/mol. The Balaban J connectivity index is 2.18. The van der Waals surface area contributed by atoms with Crippen molar-refractivity contribution >= 4 is 0 Å². The second-order valence-corrected chi connectivity index (χ2v) is 1.55. The van der Waals surface area contributed by atoms with Crippen LogP contribution < -0.4 is 16.4 Å². The maximum Gasteiger partial charge on any atom is 0.0337 e. The summed E-state index contributed by atoms with van der Waals surface area (Å²) in [6.45, 7) is 3.12. The molecule has 1 aliphatic rings. The summed E-state index contributed by atoms with van der Waals surface area (Å²) in [5.41, 5.74) is 8.64. The number of hydrazine groups is 2. The molecule has 0 amide bonds. The molecule has 0 saturated carbocycles. The van der Waals surface area contributed by atoms with Crippen LogP contribution >= 0.6 is 0 Å². The van der Waals surface area contributed by atoms with Gasteiger partial charge in [0.25, 0.3) is 0 Å². The Kier molecular flexibility index (Phi) is 1.05. The Hall–Kier alpha value is -0.120. The smallest absolute Gasteiger partial charge is 0.0337 e. The highest BCUT2D eigenvalue weighted by molar-refractivity contribution is 4.62. The van der Waals surface area contributed by atoms with E-state index >= 15 is 0 Å². The van der Waals surface area contributed by atoms with Gasteiger partial charge in [0.1, 0.15) is 0 Å². The van der Waals surface area contributed by atoms with Crippen LogP contribution in [0.3, 0.4) is 0 Å². The van der Waals surface area contributed by atoms with Crippen molar-refractivity contribution in [1.82, 2.24) is 16.4 Å². The molecule has 3 heteroatoms. The maximum atomic E-state index is 2.96. The SMILES string of the molecule is C[C@H]1CNNN1. The van der Waals surface area contributed by atoms with Gasteiger partial charge in [0.2, 0.25) is 0 Å². The lowest BCUT2D eigenvalue weighted by molar-refractivity contribution is 0.561. The van der Waals surface area contributed by atoms with E-state index in [9.17, 15) is 0 Å². The first kappa shape index (κ1) is 4.05. The van der Waals surface area contributed by atoms with Gasteiger partial charge in [0, 0.05) is 12.6 Å². The quantitative estimate of drug-likeness (QED) is 0.354. The lowest BCUT2D eigenvalue weighted by Crippen LogP contribution is -2.32. The largest absolute Gasteiger partial charge is 0.243 e. The van der Waals surface area contributed by atoms with E-state index in [1.807, 2.05) is 0 Å². The highest BCUT2D eigenvalue weighted by Crippen LogP contribution is 1.76. The number of nitrogens with one attached hydrogen (secondary N) is 3. The lowest BCUT2D eigenvalue weighted by atomic mass is 10.4. The second-order valence-electron chi connectivity index (χ2n) is 1.55. The van der Waals surface area contributed by atoms with E-state index in [1.165, 1.54) is 0 Å². The third kappa shape index (κ3) is 0.680. The van der Waals surface area contributed by atoms with Crippen molar-refractivity contribution in [2.45, 2.75) is 13.0 Å². The van der Waals surface area contributed by atoms with E-state index in [0.29, 0.717) is 6.04 Å². The molecule has 36 valence electrons. The van der Waals surface area contributed by atoms with Gasteiger partial charge in [-0.15, -0.1) is 0 Å². The van der Waals surface area contributed by atoms with Crippen molar-refractivity contribution in [3.05, 3.63) is 0 Å². The van der Waals surface area contributed by atoms with Gasteiger partial charge in [-0.3, -0.25) is 0 Å². The molecule has 0 radical (unpaired) electrons. The van der Waals surface area contributed by atoms with Gasteiger partial charge in [0.05, 0.1) is 0 Å². The molecule has 1 aliphatic heterocycles. The zero-order chi connectivity index (χ0) is 4.41. The molecule has 1 saturated heterocycles. The molecular weight excluding hydrogens is 78.1 g/mol. The maximum absolute atomic E-state index is 2.96. The molecule has 3 nitrogen and oxygen atoms in total. The first-order valence-corrected chi connectivity index (χ1v) is 2.13. The molecule has 0 unspecified atom stereocenters. The molecule has 1 fully saturated rings. The summed E-state index contributed by atoms with van der Waals surface area (Å²) < 4.78 is 0. The van der Waals surface area contributed by atoms with Gasteiger partial charge in [-0.05, 0) is 6.92 Å². The van der Waals surface area contributed by atoms with E-state index in [2.05, 4.69) is 23.3 Å². The molecule has 3 N–H and O–H groups in total. The van der Waals surface area contributed by atoms with Crippen molar-refractivity contribution in [3.8, 4) is 0 Å². The Bertz CT molecular complexity index is 39.3. The van der Waals surface area contributed by atoms with E-state index in [0.717, 1.165) is 6.54 Å². The van der Waals surface area contributed by atoms with Crippen molar-refractivity contribution in [2.24, 2.45) is 0 Å². The molecule has 0 aliphatic carbocycles. The van der Waals surface area contributed by atoms with Gasteiger partial charge in [-0.1, -0.05) is 0 Å². The fraction of sp³-hybridized carbons (Fsp3) is 1.00. The molecule has 0 bridgehead atoms. The minimum Gasteiger partial charge on any atom is -0.243 e. The standard InChI is InChI=1S/C3H9N3/c1-3-2-4-6-5-3/h3-6H,2H2,1H3/t3-/m0/s1. The number of hydrogen-bond donors (Lipinski definition) is 3. The topological polar surface area (TPSA) is 36.1 Å². The summed E-state index contributed by atoms with van der Waals surface area (Å²) in [6, 6.07) is 0.574. The van der Waals surface area contributed by atoms with Gasteiger partial charge >= 0.3 is 0 Å². The van der Waals surface area contributed by atoms with Crippen molar-refractivity contribution in [2.75, 3.05) is 6.54 Å². The summed E-state index contributed by atoms with van der Waals surface area (Å²) in [5.74, 6) is 0. The lowest BCUT2D eigenvalue weighted by Gasteiger charge is -1.92. The van der Waals surface area contributed by atoms with E-state index < -0.39 is 0 Å². The van der Waals surface area contributed by atoms with Crippen molar-refractivity contribution in [1.29, 1.82) is 0 Å². The highest BCUT2D eigenvalue weighted by Gasteiger charge is 2.03. The zero-order valence-electron chi connectivity index (χ0n) is 3.78. The third-order valence-corrected chi connectivity index (χ3v) is 0.815. The van der Waals surface area contributed by atoms with Gasteiger partial charge < -0.3 is 0 Å². The van der Waals surface area contributed by atoms with Crippen LogP contribution in [0.25, 0.3) is 0 Å². The molecule has 0 aromatic heterocycles. The zero-order valence-corrected chi connectivity index (χ0v) is 3.78. The van der Waals surface area contributed by atoms with E-state index in [-0.39, 0.29) is 0 Å². The molecule has 0 aromatic rings. The summed E-state index contributed by atoms with van der Waals surface area (Å²) in [6.07, 6.45) is 0. The van der Waals surface area contributed by atoms with E-state index in [4.69, 9.17) is 0 Å². The van der Waals surface area contributed by atoms with Gasteiger partial charge in [-0.25, -0.2) is 10.9 Å². The van der Waals surface area contributed by atoms with Gasteiger partial charge in [0.15, 0.2) is 0 Å². The fourth-order valence-corrected chi connectivity index (χ4v) is 0.429. The fourth-order valence-electron chi connectivity index (χ4n) is 0.429. The van der Waals surface area contributed by atoms with Crippen LogP contribution in [0.4, 0.5) is 0 Å². The molecule has 1 heterocycles. The van der Waals surface area contributed by atoms with E-state index in [1.54, 1.807) is 0 Å². The van der Waals surface area contributed by atoms with Crippen molar-refractivity contribution < 1.29 is 0 Å². The molecule has 1 rings (SSSR count). The summed E-state index contributed by atoms with van der Waals surface area (Å²) in [5, 5.41) is 0. The minimum atomic E-state index is 0.574. The minimum absolute atomic E-state index is 0.574. The Labute approximate surface area is 37.1 Å². The first-order chi connectivity index (χ1) is 2.89. The summed E-state index contributed by atoms with van der Waals surface area (Å²) in [4.78, 5) is 0. The normalized spacial score (nSPS) is 34.5. The van der Waals surface area contributed by atoms with Crippen LogP contribution in [-0.4, -0.2) is 12.6 Å². The molecule has 0 spiro atoms. The second kappa shape index (κ2) is 1.55. The van der Waals surface area contributed by atoms with Crippen LogP contribution in [-0.2, 0) is 0 Å². The van der Waals surface area contributed by atoms with Gasteiger partial charge in [-0.2, -0.15) is 5.53 Å². The third-order valence-electron chi connectivity index (χ3n) is 0.815. The Morgan fingerprint density at radius 2 is 2.50 bits per heavy atom.